The summed E-state index contributed by atoms with van der Waals surface area (Å²) in [6.07, 6.45) is 1.87. The van der Waals surface area contributed by atoms with E-state index in [4.69, 9.17) is 4.74 Å². The number of rotatable bonds is 4. The highest BCUT2D eigenvalue weighted by atomic mass is 16.5. The molecule has 0 saturated carbocycles. The van der Waals surface area contributed by atoms with E-state index in [-0.39, 0.29) is 11.9 Å². The van der Waals surface area contributed by atoms with Crippen LogP contribution in [0.25, 0.3) is 0 Å². The fourth-order valence-corrected chi connectivity index (χ4v) is 3.16. The molecule has 0 bridgehead atoms. The van der Waals surface area contributed by atoms with Gasteiger partial charge in [-0.3, -0.25) is 14.6 Å². The Morgan fingerprint density at radius 3 is 2.82 bits per heavy atom. The summed E-state index contributed by atoms with van der Waals surface area (Å²) in [6.45, 7) is 8.02. The van der Waals surface area contributed by atoms with Crippen molar-refractivity contribution in [1.29, 1.82) is 0 Å². The molecule has 0 radical (unpaired) electrons. The molecule has 1 aromatic rings. The first-order valence-electron chi connectivity index (χ1n) is 7.96. The topological polar surface area (TPSA) is 48.9 Å². The van der Waals surface area contributed by atoms with Gasteiger partial charge in [0.1, 0.15) is 6.04 Å². The van der Waals surface area contributed by atoms with Crippen LogP contribution in [0.5, 0.6) is 5.88 Å². The second-order valence-corrected chi connectivity index (χ2v) is 5.98. The van der Waals surface area contributed by atoms with Crippen molar-refractivity contribution < 1.29 is 9.53 Å². The Balaban J connectivity index is 1.60. The molecule has 2 saturated heterocycles. The van der Waals surface area contributed by atoms with Gasteiger partial charge in [0.2, 0.25) is 11.8 Å². The smallest absolute Gasteiger partial charge is 0.241 e. The lowest BCUT2D eigenvalue weighted by Crippen LogP contribution is -2.63. The van der Waals surface area contributed by atoms with Crippen molar-refractivity contribution in [2.75, 3.05) is 46.4 Å². The molecule has 1 aromatic heterocycles. The summed E-state index contributed by atoms with van der Waals surface area (Å²) in [5.41, 5.74) is 1.16. The van der Waals surface area contributed by atoms with Crippen LogP contribution in [-0.4, -0.2) is 78.0 Å². The minimum atomic E-state index is 0.0168. The Hall–Kier alpha value is -1.66. The van der Waals surface area contributed by atoms with Gasteiger partial charge < -0.3 is 9.64 Å². The van der Waals surface area contributed by atoms with E-state index < -0.39 is 0 Å². The summed E-state index contributed by atoms with van der Waals surface area (Å²) in [5, 5.41) is 0. The third-order valence-electron chi connectivity index (χ3n) is 4.46. The van der Waals surface area contributed by atoms with Crippen molar-refractivity contribution in [1.82, 2.24) is 19.7 Å². The predicted molar refractivity (Wildman–Crippen MR) is 83.7 cm³/mol. The van der Waals surface area contributed by atoms with E-state index in [0.29, 0.717) is 12.5 Å². The first kappa shape index (κ1) is 15.2. The van der Waals surface area contributed by atoms with Gasteiger partial charge in [-0.05, 0) is 12.5 Å². The summed E-state index contributed by atoms with van der Waals surface area (Å²) >= 11 is 0. The predicted octanol–water partition coefficient (Wildman–Crippen LogP) is 0.439. The van der Waals surface area contributed by atoms with E-state index in [1.807, 2.05) is 31.1 Å². The molecule has 0 spiro atoms. The molecule has 1 atom stereocenters. The van der Waals surface area contributed by atoms with Crippen LogP contribution in [0.1, 0.15) is 12.5 Å². The van der Waals surface area contributed by atoms with Gasteiger partial charge in [0.05, 0.1) is 6.61 Å². The van der Waals surface area contributed by atoms with E-state index in [9.17, 15) is 4.79 Å². The minimum absolute atomic E-state index is 0.0168. The summed E-state index contributed by atoms with van der Waals surface area (Å²) in [6, 6.07) is 3.98. The third-order valence-corrected chi connectivity index (χ3v) is 4.46. The minimum Gasteiger partial charge on any atom is -0.478 e. The molecule has 0 aromatic carbocycles. The number of carbonyl (C=O) groups is 1. The Bertz CT molecular complexity index is 519. The van der Waals surface area contributed by atoms with Crippen LogP contribution in [0.3, 0.4) is 0 Å². The molecular weight excluding hydrogens is 280 g/mol. The first-order valence-corrected chi connectivity index (χ1v) is 7.96. The van der Waals surface area contributed by atoms with Gasteiger partial charge in [-0.2, -0.15) is 0 Å². The molecule has 2 aliphatic rings. The number of nitrogens with zero attached hydrogens (tertiary/aromatic N) is 4. The van der Waals surface area contributed by atoms with Gasteiger partial charge in [-0.1, -0.05) is 6.07 Å². The van der Waals surface area contributed by atoms with E-state index in [2.05, 4.69) is 20.9 Å². The van der Waals surface area contributed by atoms with E-state index >= 15 is 0 Å². The van der Waals surface area contributed by atoms with Gasteiger partial charge in [0.25, 0.3) is 0 Å². The van der Waals surface area contributed by atoms with Gasteiger partial charge in [0, 0.05) is 58.6 Å². The van der Waals surface area contributed by atoms with Crippen molar-refractivity contribution in [3.63, 3.8) is 0 Å². The highest BCUT2D eigenvalue weighted by Gasteiger charge is 2.36. The SMILES string of the molecule is CCOc1ccc(CN2CCN3CCN(C)C(=O)C3C2)cn1. The second-order valence-electron chi connectivity index (χ2n) is 5.98. The van der Waals surface area contributed by atoms with E-state index in [0.717, 1.165) is 44.8 Å². The molecule has 2 fully saturated rings. The van der Waals surface area contributed by atoms with Crippen molar-refractivity contribution in [2.24, 2.45) is 0 Å². The monoisotopic (exact) mass is 304 g/mol. The average molecular weight is 304 g/mol. The molecular formula is C16H24N4O2. The van der Waals surface area contributed by atoms with Crippen LogP contribution in [-0.2, 0) is 11.3 Å². The first-order chi connectivity index (χ1) is 10.7. The summed E-state index contributed by atoms with van der Waals surface area (Å²) in [5.74, 6) is 0.918. The lowest BCUT2D eigenvalue weighted by atomic mass is 10.1. The van der Waals surface area contributed by atoms with Crippen molar-refractivity contribution in [3.05, 3.63) is 23.9 Å². The molecule has 1 unspecified atom stereocenters. The third kappa shape index (κ3) is 3.23. The largest absolute Gasteiger partial charge is 0.478 e. The number of aromatic nitrogens is 1. The van der Waals surface area contributed by atoms with Crippen LogP contribution in [0.15, 0.2) is 18.3 Å². The number of carbonyl (C=O) groups excluding carboxylic acids is 1. The number of piperazine rings is 2. The Kier molecular flexibility index (Phi) is 4.59. The molecule has 0 N–H and O–H groups in total. The lowest BCUT2D eigenvalue weighted by Gasteiger charge is -2.45. The molecule has 2 aliphatic heterocycles. The zero-order valence-corrected chi connectivity index (χ0v) is 13.4. The number of hydrogen-bond acceptors (Lipinski definition) is 5. The highest BCUT2D eigenvalue weighted by molar-refractivity contribution is 5.82. The standard InChI is InChI=1S/C16H24N4O2/c1-3-22-15-5-4-13(10-17-15)11-19-7-9-20-8-6-18(2)16(21)14(20)12-19/h4-5,10,14H,3,6-9,11-12H2,1-2H3. The number of fused-ring (bicyclic) bond motifs is 1. The zero-order chi connectivity index (χ0) is 15.5. The maximum absolute atomic E-state index is 12.3. The van der Waals surface area contributed by atoms with E-state index in [1.165, 1.54) is 0 Å². The van der Waals surface area contributed by atoms with Gasteiger partial charge in [-0.15, -0.1) is 0 Å². The van der Waals surface area contributed by atoms with Crippen LogP contribution >= 0.6 is 0 Å². The molecule has 3 rings (SSSR count). The number of ether oxygens (including phenoxy) is 1. The highest BCUT2D eigenvalue weighted by Crippen LogP contribution is 2.18. The van der Waals surface area contributed by atoms with Crippen LogP contribution in [0, 0.1) is 0 Å². The molecule has 0 aliphatic carbocycles. The van der Waals surface area contributed by atoms with Crippen molar-refractivity contribution >= 4 is 5.91 Å². The Morgan fingerprint density at radius 2 is 2.09 bits per heavy atom. The van der Waals surface area contributed by atoms with Crippen molar-refractivity contribution in [3.8, 4) is 5.88 Å². The second kappa shape index (κ2) is 6.62. The molecule has 1 amide bonds. The number of hydrogen-bond donors (Lipinski definition) is 0. The molecule has 120 valence electrons. The number of amides is 1. The summed E-state index contributed by atoms with van der Waals surface area (Å²) in [4.78, 5) is 23.1. The van der Waals surface area contributed by atoms with Gasteiger partial charge in [-0.25, -0.2) is 4.98 Å². The number of pyridine rings is 1. The normalized spacial score (nSPS) is 23.5. The summed E-state index contributed by atoms with van der Waals surface area (Å²) in [7, 11) is 1.90. The summed E-state index contributed by atoms with van der Waals surface area (Å²) < 4.78 is 5.37. The van der Waals surface area contributed by atoms with Gasteiger partial charge in [0.15, 0.2) is 0 Å². The van der Waals surface area contributed by atoms with Crippen molar-refractivity contribution in [2.45, 2.75) is 19.5 Å². The molecule has 6 heteroatoms. The van der Waals surface area contributed by atoms with Crippen LogP contribution in [0.2, 0.25) is 0 Å². The fourth-order valence-electron chi connectivity index (χ4n) is 3.16. The number of likely N-dealkylation sites (N-methyl/N-ethyl adjacent to an activating group) is 1. The molecule has 6 nitrogen and oxygen atoms in total. The van der Waals surface area contributed by atoms with E-state index in [1.54, 1.807) is 0 Å². The maximum atomic E-state index is 12.3. The van der Waals surface area contributed by atoms with Gasteiger partial charge >= 0.3 is 0 Å². The zero-order valence-electron chi connectivity index (χ0n) is 13.4. The maximum Gasteiger partial charge on any atom is 0.241 e. The van der Waals surface area contributed by atoms with Crippen LogP contribution < -0.4 is 4.74 Å². The Labute approximate surface area is 131 Å². The fraction of sp³-hybridized carbons (Fsp3) is 0.625. The molecule has 22 heavy (non-hydrogen) atoms. The quantitative estimate of drug-likeness (QED) is 0.808. The Morgan fingerprint density at radius 1 is 1.27 bits per heavy atom. The van der Waals surface area contributed by atoms with Crippen LogP contribution in [0.4, 0.5) is 0 Å². The molecule has 3 heterocycles. The average Bonchev–Trinajstić information content (AvgIpc) is 2.54. The lowest BCUT2D eigenvalue weighted by molar-refractivity contribution is -0.143.